The molecule has 4 aromatic rings. The number of oxime groups is 1. The summed E-state index contributed by atoms with van der Waals surface area (Å²) in [5.74, 6) is -2.53. The highest BCUT2D eigenvalue weighted by atomic mass is 35.5. The second-order valence-electron chi connectivity index (χ2n) is 17.4. The molecule has 2 unspecified atom stereocenters. The molecule has 2 N–H and O–H groups in total. The molecule has 360 valence electrons. The van der Waals surface area contributed by atoms with Crippen LogP contribution in [0.2, 0.25) is 4.34 Å². The molecule has 4 amide bonds. The van der Waals surface area contributed by atoms with Gasteiger partial charge in [0.25, 0.3) is 11.8 Å². The number of nitrogens with one attached hydrogen (secondary N) is 2. The Morgan fingerprint density at radius 2 is 1.76 bits per heavy atom. The number of esters is 1. The third-order valence-corrected chi connectivity index (χ3v) is 12.5. The lowest BCUT2D eigenvalue weighted by Gasteiger charge is -2.49. The van der Waals surface area contributed by atoms with E-state index < -0.39 is 70.4 Å². The van der Waals surface area contributed by atoms with Gasteiger partial charge >= 0.3 is 32.2 Å². The Morgan fingerprint density at radius 1 is 1.06 bits per heavy atom. The number of ether oxygens (including phenoxy) is 4. The number of halogens is 1. The standard InChI is InChI=1S/C44H50BClN8O12S2/c1-24(38(57)65-45)66-50-31(30-34(46)68-40(48-30)49-41(59)63-43(2,3)4)35(55)47-32-36(56)54-33(39(58)62-22-25-12-14-27(61-9)15-13-25)26(23-67-37(32)54)21-53-17-10-11-28-29(53)16-18-52(28)20-19-51(8)42(60)64-44(5,6)7/h10-18,24,32,37H,19-23H2,1-9H3,(H-,47,48,49,55,59)/p+1/b50-31-/t24-,32?,37?/m0/s1. The number of nitrogens with zero attached hydrogens (tertiary/aromatic N) is 6. The van der Waals surface area contributed by atoms with Gasteiger partial charge in [-0.25, -0.2) is 24.2 Å². The zero-order chi connectivity index (χ0) is 49.7. The summed E-state index contributed by atoms with van der Waals surface area (Å²) in [7, 11) is 8.22. The van der Waals surface area contributed by atoms with E-state index in [1.165, 1.54) is 28.5 Å². The van der Waals surface area contributed by atoms with Gasteiger partial charge in [0.1, 0.15) is 56.2 Å². The molecule has 68 heavy (non-hydrogen) atoms. The van der Waals surface area contributed by atoms with Gasteiger partial charge in [-0.15, -0.1) is 11.8 Å². The largest absolute Gasteiger partial charge is 0.541 e. The number of amides is 4. The van der Waals surface area contributed by atoms with Crippen LogP contribution in [0.3, 0.4) is 0 Å². The monoisotopic (exact) mass is 993 g/mol. The summed E-state index contributed by atoms with van der Waals surface area (Å²) in [5, 5.41) is 8.13. The molecule has 3 aromatic heterocycles. The number of thioether (sulfide) groups is 1. The van der Waals surface area contributed by atoms with Crippen LogP contribution in [0.4, 0.5) is 14.7 Å². The molecule has 20 nitrogen and oxygen atoms in total. The molecular weight excluding hydrogens is 943 g/mol. The Labute approximate surface area is 406 Å². The van der Waals surface area contributed by atoms with Crippen molar-refractivity contribution in [1.29, 1.82) is 0 Å². The average molecular weight is 994 g/mol. The molecule has 1 aromatic carbocycles. The number of β-lactam (4-membered cyclic amide) rings is 1. The number of rotatable bonds is 16. The number of aromatic nitrogens is 3. The van der Waals surface area contributed by atoms with Crippen molar-refractivity contribution in [3.63, 3.8) is 0 Å². The van der Waals surface area contributed by atoms with Gasteiger partial charge in [0.05, 0.1) is 7.11 Å². The Balaban J connectivity index is 1.27. The van der Waals surface area contributed by atoms with Gasteiger partial charge in [0, 0.05) is 49.8 Å². The van der Waals surface area contributed by atoms with E-state index in [-0.39, 0.29) is 39.8 Å². The molecule has 3 atom stereocenters. The normalized spacial score (nSPS) is 16.5. The third-order valence-electron chi connectivity index (χ3n) is 10.00. The fourth-order valence-corrected chi connectivity index (χ4v) is 9.11. The molecular formula is C44H51BClN8O12S2+. The van der Waals surface area contributed by atoms with Crippen LogP contribution in [0.1, 0.15) is 59.7 Å². The molecule has 5 heterocycles. The topological polar surface area (TPSA) is 222 Å². The first-order chi connectivity index (χ1) is 32.1. The second kappa shape index (κ2) is 21.3. The van der Waals surface area contributed by atoms with E-state index in [9.17, 15) is 28.8 Å². The van der Waals surface area contributed by atoms with Gasteiger partial charge in [-0.3, -0.25) is 19.8 Å². The van der Waals surface area contributed by atoms with Gasteiger partial charge in [-0.05, 0) is 72.2 Å². The third kappa shape index (κ3) is 12.4. The van der Waals surface area contributed by atoms with Gasteiger partial charge in [0.2, 0.25) is 11.6 Å². The highest BCUT2D eigenvalue weighted by Gasteiger charge is 2.55. The summed E-state index contributed by atoms with van der Waals surface area (Å²) >= 11 is 8.61. The number of methoxy groups -OCH3 is 1. The highest BCUT2D eigenvalue weighted by molar-refractivity contribution is 8.00. The SMILES string of the molecule is [B]OC(=O)[C@H](C)O/N=C(\C(=O)NC1C(=O)N2C(C(=O)OCc3ccc(OC)cc3)=C(C[n+]3cccc4c3ccn4CCN(C)C(=O)OC(C)(C)C)CSC12)c1nc(NC(=O)OC(C)(C)C)sc1Cl. The summed E-state index contributed by atoms with van der Waals surface area (Å²) in [5.41, 5.74) is 0.673. The minimum atomic E-state index is -1.39. The van der Waals surface area contributed by atoms with E-state index in [1.54, 1.807) is 59.2 Å². The van der Waals surface area contributed by atoms with E-state index in [4.69, 9.17) is 43.4 Å². The maximum absolute atomic E-state index is 14.3. The van der Waals surface area contributed by atoms with Crippen molar-refractivity contribution in [3.05, 3.63) is 81.7 Å². The van der Waals surface area contributed by atoms with E-state index in [0.717, 1.165) is 22.4 Å². The minimum absolute atomic E-state index is 0.0208. The summed E-state index contributed by atoms with van der Waals surface area (Å²) in [6.45, 7) is 12.6. The van der Waals surface area contributed by atoms with Gasteiger partial charge in [0.15, 0.2) is 23.6 Å². The predicted molar refractivity (Wildman–Crippen MR) is 252 cm³/mol. The minimum Gasteiger partial charge on any atom is -0.541 e. The van der Waals surface area contributed by atoms with Crippen LogP contribution < -0.4 is 19.9 Å². The molecule has 6 rings (SSSR count). The van der Waals surface area contributed by atoms with Crippen LogP contribution in [0.15, 0.2) is 71.3 Å². The number of benzene rings is 1. The fraction of sp³-hybridized carbons (Fsp3) is 0.432. The molecule has 2 aliphatic rings. The Kier molecular flexibility index (Phi) is 16.0. The molecule has 0 spiro atoms. The fourth-order valence-electron chi connectivity index (χ4n) is 6.74. The van der Waals surface area contributed by atoms with Crippen molar-refractivity contribution in [3.8, 4) is 5.75 Å². The smallest absolute Gasteiger partial charge is 0.413 e. The van der Waals surface area contributed by atoms with Crippen molar-refractivity contribution >= 4 is 101 Å². The Morgan fingerprint density at radius 3 is 2.43 bits per heavy atom. The number of fused-ring (bicyclic) bond motifs is 2. The van der Waals surface area contributed by atoms with E-state index >= 15 is 0 Å². The molecule has 2 radical (unpaired) electrons. The lowest BCUT2D eigenvalue weighted by molar-refractivity contribution is -0.663. The molecule has 2 aliphatic heterocycles. The maximum Gasteiger partial charge on any atom is 0.413 e. The first kappa shape index (κ1) is 51.1. The van der Waals surface area contributed by atoms with Gasteiger partial charge in [-0.1, -0.05) is 40.2 Å². The molecule has 0 saturated carbocycles. The van der Waals surface area contributed by atoms with Crippen LogP contribution in [-0.2, 0) is 62.6 Å². The van der Waals surface area contributed by atoms with Crippen LogP contribution in [0, 0.1) is 0 Å². The maximum atomic E-state index is 14.3. The number of carbonyl (C=O) groups excluding carboxylic acids is 6. The van der Waals surface area contributed by atoms with Crippen molar-refractivity contribution in [2.75, 3.05) is 31.8 Å². The lowest BCUT2D eigenvalue weighted by Crippen LogP contribution is -2.71. The number of anilines is 1. The number of thiazole rings is 1. The van der Waals surface area contributed by atoms with Gasteiger partial charge in [-0.2, -0.15) is 4.57 Å². The quantitative estimate of drug-likeness (QED) is 0.0284. The first-order valence-electron chi connectivity index (χ1n) is 21.1. The number of hydrogen-bond acceptors (Lipinski definition) is 16. The predicted octanol–water partition coefficient (Wildman–Crippen LogP) is 5.09. The summed E-state index contributed by atoms with van der Waals surface area (Å²) in [4.78, 5) is 92.2. The number of pyridine rings is 1. The van der Waals surface area contributed by atoms with Crippen molar-refractivity contribution < 1.29 is 61.8 Å². The average Bonchev–Trinajstić information content (AvgIpc) is 3.87. The van der Waals surface area contributed by atoms with Crippen molar-refractivity contribution in [2.24, 2.45) is 5.16 Å². The van der Waals surface area contributed by atoms with Crippen molar-refractivity contribution in [2.45, 2.75) is 96.9 Å². The molecule has 0 aliphatic carbocycles. The number of hydrogen-bond donors (Lipinski definition) is 2. The molecule has 0 bridgehead atoms. The number of likely N-dealkylation sites (N-methyl/N-ethyl adjacent to an activating group) is 1. The summed E-state index contributed by atoms with van der Waals surface area (Å²) < 4.78 is 30.0. The summed E-state index contributed by atoms with van der Waals surface area (Å²) in [6, 6.07) is 11.5. The Bertz CT molecular complexity index is 2640. The van der Waals surface area contributed by atoms with E-state index in [2.05, 4.69) is 25.4 Å². The molecule has 24 heteroatoms. The highest BCUT2D eigenvalue weighted by Crippen LogP contribution is 2.41. The molecule has 1 fully saturated rings. The number of carbonyl (C=O) groups is 6. The van der Waals surface area contributed by atoms with Crippen molar-refractivity contribution in [1.82, 2.24) is 24.7 Å². The van der Waals surface area contributed by atoms with Crippen LogP contribution >= 0.6 is 34.7 Å². The van der Waals surface area contributed by atoms with E-state index in [1.807, 2.05) is 60.5 Å². The zero-order valence-corrected chi connectivity index (χ0v) is 41.2. The van der Waals surface area contributed by atoms with E-state index in [0.29, 0.717) is 30.0 Å². The first-order valence-corrected chi connectivity index (χ1v) is 23.3. The lowest BCUT2D eigenvalue weighted by atomic mass is 10.0. The zero-order valence-electron chi connectivity index (χ0n) is 38.8. The van der Waals surface area contributed by atoms with Crippen LogP contribution in [0.25, 0.3) is 11.0 Å². The summed E-state index contributed by atoms with van der Waals surface area (Å²) in [6.07, 6.45) is 1.10. The Hall–Kier alpha value is -6.33. The second-order valence-corrected chi connectivity index (χ2v) is 20.2. The van der Waals surface area contributed by atoms with Crippen LogP contribution in [0.5, 0.6) is 5.75 Å². The molecule has 1 saturated heterocycles. The van der Waals surface area contributed by atoms with Gasteiger partial charge < -0.3 is 43.2 Å². The van der Waals surface area contributed by atoms with Crippen LogP contribution in [-0.4, -0.2) is 124 Å².